The molecule has 0 spiro atoms. The van der Waals surface area contributed by atoms with Crippen LogP contribution in [0.1, 0.15) is 50.6 Å². The minimum atomic E-state index is 0. The normalized spacial score (nSPS) is 18.4. The van der Waals surface area contributed by atoms with Crippen LogP contribution in [-0.4, -0.2) is 29.4 Å². The number of nitrogens with zero attached hydrogens (tertiary/aromatic N) is 2. The number of aromatic nitrogens is 1. The maximum Gasteiger partial charge on any atom is 0.0360 e. The lowest BCUT2D eigenvalue weighted by Crippen LogP contribution is -2.17. The Morgan fingerprint density at radius 3 is 2.63 bits per heavy atom. The van der Waals surface area contributed by atoms with Crippen molar-refractivity contribution in [2.45, 2.75) is 45.1 Å². The molecule has 1 aliphatic heterocycles. The molecule has 0 N–H and O–H groups in total. The molecule has 0 radical (unpaired) electrons. The van der Waals surface area contributed by atoms with Gasteiger partial charge in [-0.1, -0.05) is 25.8 Å². The van der Waals surface area contributed by atoms with Crippen molar-refractivity contribution in [2.24, 2.45) is 0 Å². The quantitative estimate of drug-likeness (QED) is 0.593. The van der Waals surface area contributed by atoms with Gasteiger partial charge in [-0.05, 0) is 44.5 Å². The third-order valence-electron chi connectivity index (χ3n) is 3.33. The van der Waals surface area contributed by atoms with Crippen LogP contribution in [-0.2, 0) is 0 Å². The minimum Gasteiger partial charge on any atom is -0.299 e. The molecule has 1 unspecified atom stereocenters. The number of rotatable bonds is 4. The highest BCUT2D eigenvalue weighted by molar-refractivity contribution is 6.17. The molecule has 1 aromatic rings. The summed E-state index contributed by atoms with van der Waals surface area (Å²) in [5, 5.41) is 0. The van der Waals surface area contributed by atoms with Gasteiger partial charge in [0.1, 0.15) is 0 Å². The van der Waals surface area contributed by atoms with Crippen molar-refractivity contribution in [3.63, 3.8) is 0 Å². The summed E-state index contributed by atoms with van der Waals surface area (Å²) in [6.45, 7) is 3.39. The maximum atomic E-state index is 5.38. The van der Waals surface area contributed by atoms with Crippen molar-refractivity contribution in [1.29, 1.82) is 0 Å². The predicted octanol–water partition coefficient (Wildman–Crippen LogP) is 4.69. The Balaban J connectivity index is 0.000000404. The van der Waals surface area contributed by atoms with E-state index < -0.39 is 0 Å². The largest absolute Gasteiger partial charge is 0.299 e. The van der Waals surface area contributed by atoms with Crippen LogP contribution < -0.4 is 0 Å². The molecule has 0 aromatic carbocycles. The molecule has 19 heavy (non-hydrogen) atoms. The Labute approximate surface area is 129 Å². The smallest absolute Gasteiger partial charge is 0.0360 e. The molecule has 2 nitrogen and oxygen atoms in total. The number of unbranched alkanes of at least 4 members (excludes halogenated alkanes) is 2. The molecule has 2 rings (SSSR count). The first-order chi connectivity index (χ1) is 8.79. The zero-order valence-electron chi connectivity index (χ0n) is 12.0. The summed E-state index contributed by atoms with van der Waals surface area (Å²) < 4.78 is 0. The van der Waals surface area contributed by atoms with Crippen LogP contribution in [0.4, 0.5) is 0 Å². The second-order valence-corrected chi connectivity index (χ2v) is 5.20. The highest BCUT2D eigenvalue weighted by atomic mass is 35.5. The van der Waals surface area contributed by atoms with Gasteiger partial charge in [-0.15, -0.1) is 24.0 Å². The monoisotopic (exact) mass is 304 g/mol. The van der Waals surface area contributed by atoms with Crippen LogP contribution in [0.5, 0.6) is 0 Å². The fraction of sp³-hybridized carbons (Fsp3) is 0.667. The Hall–Kier alpha value is -0.310. The van der Waals surface area contributed by atoms with Gasteiger partial charge in [-0.2, -0.15) is 0 Å². The van der Waals surface area contributed by atoms with E-state index in [1.165, 1.54) is 44.2 Å². The summed E-state index contributed by atoms with van der Waals surface area (Å²) in [6, 6.07) is 4.79. The zero-order valence-corrected chi connectivity index (χ0v) is 13.6. The number of pyridine rings is 1. The summed E-state index contributed by atoms with van der Waals surface area (Å²) in [5.74, 6) is 0.827. The first-order valence-corrected chi connectivity index (χ1v) is 7.49. The van der Waals surface area contributed by atoms with Gasteiger partial charge in [0.05, 0.1) is 0 Å². The van der Waals surface area contributed by atoms with E-state index in [1.807, 2.05) is 18.5 Å². The van der Waals surface area contributed by atoms with Gasteiger partial charge in [0.2, 0.25) is 0 Å². The molecule has 0 amide bonds. The fourth-order valence-corrected chi connectivity index (χ4v) is 2.44. The van der Waals surface area contributed by atoms with E-state index in [4.69, 9.17) is 11.6 Å². The van der Waals surface area contributed by atoms with Crippen molar-refractivity contribution in [3.05, 3.63) is 30.1 Å². The van der Waals surface area contributed by atoms with Crippen LogP contribution in [0, 0.1) is 0 Å². The summed E-state index contributed by atoms with van der Waals surface area (Å²) in [5.41, 5.74) is 1.36. The summed E-state index contributed by atoms with van der Waals surface area (Å²) in [6.07, 6.45) is 10.1. The second-order valence-electron chi connectivity index (χ2n) is 4.82. The summed E-state index contributed by atoms with van der Waals surface area (Å²) in [4.78, 5) is 6.54. The lowest BCUT2D eigenvalue weighted by molar-refractivity contribution is 0.317. The summed E-state index contributed by atoms with van der Waals surface area (Å²) >= 11 is 5.38. The van der Waals surface area contributed by atoms with E-state index in [0.29, 0.717) is 6.04 Å². The van der Waals surface area contributed by atoms with Gasteiger partial charge in [-0.25, -0.2) is 0 Å². The Morgan fingerprint density at radius 2 is 2.21 bits per heavy atom. The lowest BCUT2D eigenvalue weighted by atomic mass is 10.1. The molecule has 0 bridgehead atoms. The molecule has 1 aromatic heterocycles. The second kappa shape index (κ2) is 11.5. The van der Waals surface area contributed by atoms with Crippen LogP contribution in [0.3, 0.4) is 0 Å². The lowest BCUT2D eigenvalue weighted by Gasteiger charge is -2.18. The average molecular weight is 305 g/mol. The fourth-order valence-electron chi connectivity index (χ4n) is 2.25. The van der Waals surface area contributed by atoms with E-state index >= 15 is 0 Å². The molecule has 0 saturated carbocycles. The molecule has 1 fully saturated rings. The molecule has 0 aliphatic carbocycles. The van der Waals surface area contributed by atoms with Crippen LogP contribution in [0.15, 0.2) is 24.5 Å². The van der Waals surface area contributed by atoms with E-state index in [0.717, 1.165) is 5.88 Å². The molecule has 1 saturated heterocycles. The molecule has 110 valence electrons. The first kappa shape index (κ1) is 18.7. The summed E-state index contributed by atoms with van der Waals surface area (Å²) in [7, 11) is 2.19. The van der Waals surface area contributed by atoms with Crippen LogP contribution in [0.2, 0.25) is 0 Å². The Bertz CT molecular complexity index is 302. The molecule has 1 aliphatic rings. The SMILES string of the molecule is CCCCCCl.CN1CCCC1c1cccnc1.Cl. The van der Waals surface area contributed by atoms with Gasteiger partial charge in [-0.3, -0.25) is 9.88 Å². The van der Waals surface area contributed by atoms with E-state index in [-0.39, 0.29) is 12.4 Å². The molecular formula is C15H26Cl2N2. The standard InChI is InChI=1S/C10H14N2.C5H11Cl.ClH/c1-12-7-3-5-10(12)9-4-2-6-11-8-9;1-2-3-4-5-6;/h2,4,6,8,10H,3,5,7H2,1H3;2-5H2,1H3;1H. The zero-order chi connectivity index (χ0) is 13.2. The number of halogens is 2. The van der Waals surface area contributed by atoms with E-state index in [2.05, 4.69) is 29.9 Å². The topological polar surface area (TPSA) is 16.1 Å². The molecular weight excluding hydrogens is 279 g/mol. The predicted molar refractivity (Wildman–Crippen MR) is 86.3 cm³/mol. The van der Waals surface area contributed by atoms with Crippen molar-refractivity contribution < 1.29 is 0 Å². The van der Waals surface area contributed by atoms with Crippen molar-refractivity contribution >= 4 is 24.0 Å². The number of hydrogen-bond donors (Lipinski definition) is 0. The molecule has 1 atom stereocenters. The van der Waals surface area contributed by atoms with Crippen molar-refractivity contribution in [1.82, 2.24) is 9.88 Å². The average Bonchev–Trinajstić information content (AvgIpc) is 2.84. The highest BCUT2D eigenvalue weighted by Crippen LogP contribution is 2.29. The van der Waals surface area contributed by atoms with Crippen LogP contribution >= 0.6 is 24.0 Å². The van der Waals surface area contributed by atoms with Gasteiger partial charge >= 0.3 is 0 Å². The van der Waals surface area contributed by atoms with Gasteiger partial charge in [0.15, 0.2) is 0 Å². The van der Waals surface area contributed by atoms with Crippen molar-refractivity contribution in [2.75, 3.05) is 19.5 Å². The van der Waals surface area contributed by atoms with Gasteiger partial charge in [0.25, 0.3) is 0 Å². The highest BCUT2D eigenvalue weighted by Gasteiger charge is 2.21. The first-order valence-electron chi connectivity index (χ1n) is 6.95. The Kier molecular flexibility index (Phi) is 11.3. The number of likely N-dealkylation sites (tertiary alicyclic amines) is 1. The third-order valence-corrected chi connectivity index (χ3v) is 3.59. The number of alkyl halides is 1. The molecule has 2 heterocycles. The van der Waals surface area contributed by atoms with E-state index in [1.54, 1.807) is 0 Å². The maximum absolute atomic E-state index is 5.38. The number of hydrogen-bond acceptors (Lipinski definition) is 2. The third kappa shape index (κ3) is 7.14. The minimum absolute atomic E-state index is 0. The van der Waals surface area contributed by atoms with Gasteiger partial charge < -0.3 is 0 Å². The van der Waals surface area contributed by atoms with Gasteiger partial charge in [0, 0.05) is 24.3 Å². The van der Waals surface area contributed by atoms with E-state index in [9.17, 15) is 0 Å². The van der Waals surface area contributed by atoms with Crippen LogP contribution in [0.25, 0.3) is 0 Å². The van der Waals surface area contributed by atoms with Crippen molar-refractivity contribution in [3.8, 4) is 0 Å². The Morgan fingerprint density at radius 1 is 1.42 bits per heavy atom. The molecule has 4 heteroatoms.